The number of nitrogens with two attached hydrogens (primary N) is 1. The van der Waals surface area contributed by atoms with Crippen LogP contribution in [0.1, 0.15) is 16.1 Å². The first kappa shape index (κ1) is 11.5. The first-order chi connectivity index (χ1) is 8.06. The SMILES string of the molecule is Cc1cc(C(=O)Nc2ccc(N)c(Cl)c2)co1. The van der Waals surface area contributed by atoms with Crippen LogP contribution in [0.5, 0.6) is 0 Å². The quantitative estimate of drug-likeness (QED) is 0.805. The summed E-state index contributed by atoms with van der Waals surface area (Å²) in [7, 11) is 0. The van der Waals surface area contributed by atoms with Gasteiger partial charge in [-0.25, -0.2) is 0 Å². The largest absolute Gasteiger partial charge is 0.469 e. The van der Waals surface area contributed by atoms with Gasteiger partial charge in [-0.1, -0.05) is 11.6 Å². The Morgan fingerprint density at radius 3 is 2.76 bits per heavy atom. The highest BCUT2D eigenvalue weighted by atomic mass is 35.5. The molecule has 0 bridgehead atoms. The van der Waals surface area contributed by atoms with Crippen LogP contribution in [-0.4, -0.2) is 5.91 Å². The summed E-state index contributed by atoms with van der Waals surface area (Å²) in [6.45, 7) is 1.77. The maximum atomic E-state index is 11.8. The highest BCUT2D eigenvalue weighted by molar-refractivity contribution is 6.33. The molecule has 88 valence electrons. The fraction of sp³-hybridized carbons (Fsp3) is 0.0833. The molecule has 3 N–H and O–H groups in total. The van der Waals surface area contributed by atoms with E-state index in [0.717, 1.165) is 0 Å². The molecule has 1 aromatic carbocycles. The zero-order chi connectivity index (χ0) is 12.4. The minimum absolute atomic E-state index is 0.248. The van der Waals surface area contributed by atoms with E-state index in [1.165, 1.54) is 6.26 Å². The topological polar surface area (TPSA) is 68.3 Å². The number of nitrogens with one attached hydrogen (secondary N) is 1. The number of rotatable bonds is 2. The van der Waals surface area contributed by atoms with Gasteiger partial charge in [-0.15, -0.1) is 0 Å². The number of nitrogen functional groups attached to an aromatic ring is 1. The molecule has 0 spiro atoms. The molecule has 17 heavy (non-hydrogen) atoms. The number of amides is 1. The fourth-order valence-corrected chi connectivity index (χ4v) is 1.55. The molecule has 0 atom stereocenters. The van der Waals surface area contributed by atoms with Crippen molar-refractivity contribution >= 4 is 28.9 Å². The van der Waals surface area contributed by atoms with Gasteiger partial charge in [-0.3, -0.25) is 4.79 Å². The minimum Gasteiger partial charge on any atom is -0.469 e. The first-order valence-electron chi connectivity index (χ1n) is 4.98. The molecule has 1 aromatic heterocycles. The molecule has 0 aliphatic heterocycles. The van der Waals surface area contributed by atoms with Crippen LogP contribution in [-0.2, 0) is 0 Å². The lowest BCUT2D eigenvalue weighted by molar-refractivity contribution is 0.102. The molecule has 1 amide bonds. The normalized spacial score (nSPS) is 10.2. The molecule has 0 fully saturated rings. The van der Waals surface area contributed by atoms with Gasteiger partial charge < -0.3 is 15.5 Å². The minimum atomic E-state index is -0.248. The predicted molar refractivity (Wildman–Crippen MR) is 67.3 cm³/mol. The molecular formula is C12H11ClN2O2. The Morgan fingerprint density at radius 2 is 2.18 bits per heavy atom. The number of hydrogen-bond acceptors (Lipinski definition) is 3. The molecule has 0 aliphatic rings. The predicted octanol–water partition coefficient (Wildman–Crippen LogP) is 3.08. The summed E-state index contributed by atoms with van der Waals surface area (Å²) >= 11 is 5.85. The van der Waals surface area contributed by atoms with Gasteiger partial charge >= 0.3 is 0 Å². The van der Waals surface area contributed by atoms with Crippen molar-refractivity contribution in [3.8, 4) is 0 Å². The van der Waals surface area contributed by atoms with E-state index in [2.05, 4.69) is 5.32 Å². The van der Waals surface area contributed by atoms with Crippen LogP contribution in [0, 0.1) is 6.92 Å². The van der Waals surface area contributed by atoms with E-state index in [1.54, 1.807) is 31.2 Å². The second-order valence-electron chi connectivity index (χ2n) is 3.64. The van der Waals surface area contributed by atoms with Crippen LogP contribution in [0.4, 0.5) is 11.4 Å². The molecule has 2 rings (SSSR count). The van der Waals surface area contributed by atoms with Gasteiger partial charge in [0, 0.05) is 5.69 Å². The van der Waals surface area contributed by atoms with Crippen molar-refractivity contribution in [2.45, 2.75) is 6.92 Å². The van der Waals surface area contributed by atoms with Crippen molar-refractivity contribution in [1.82, 2.24) is 0 Å². The maximum Gasteiger partial charge on any atom is 0.258 e. The summed E-state index contributed by atoms with van der Waals surface area (Å²) < 4.78 is 5.06. The molecule has 5 heteroatoms. The molecule has 1 heterocycles. The second kappa shape index (κ2) is 4.51. The van der Waals surface area contributed by atoms with Gasteiger partial charge in [0.1, 0.15) is 12.0 Å². The Kier molecular flexibility index (Phi) is 3.06. The molecule has 4 nitrogen and oxygen atoms in total. The van der Waals surface area contributed by atoms with Crippen molar-refractivity contribution < 1.29 is 9.21 Å². The van der Waals surface area contributed by atoms with Crippen LogP contribution in [0.3, 0.4) is 0 Å². The molecule has 0 saturated heterocycles. The lowest BCUT2D eigenvalue weighted by Gasteiger charge is -2.05. The van der Waals surface area contributed by atoms with Crippen molar-refractivity contribution in [3.63, 3.8) is 0 Å². The summed E-state index contributed by atoms with van der Waals surface area (Å²) in [5.74, 6) is 0.438. The van der Waals surface area contributed by atoms with Crippen LogP contribution in [0.25, 0.3) is 0 Å². The lowest BCUT2D eigenvalue weighted by atomic mass is 10.2. The van der Waals surface area contributed by atoms with Crippen molar-refractivity contribution in [1.29, 1.82) is 0 Å². The lowest BCUT2D eigenvalue weighted by Crippen LogP contribution is -2.10. The van der Waals surface area contributed by atoms with Crippen molar-refractivity contribution in [2.24, 2.45) is 0 Å². The van der Waals surface area contributed by atoms with Gasteiger partial charge in [0.15, 0.2) is 0 Å². The Balaban J connectivity index is 2.15. The number of benzene rings is 1. The number of aryl methyl sites for hydroxylation is 1. The van der Waals surface area contributed by atoms with E-state index in [-0.39, 0.29) is 5.91 Å². The Labute approximate surface area is 103 Å². The third kappa shape index (κ3) is 2.60. The molecule has 2 aromatic rings. The van der Waals surface area contributed by atoms with Crippen molar-refractivity contribution in [3.05, 3.63) is 46.9 Å². The van der Waals surface area contributed by atoms with E-state index in [4.69, 9.17) is 21.8 Å². The highest BCUT2D eigenvalue weighted by Gasteiger charge is 2.09. The standard InChI is InChI=1S/C12H11ClN2O2/c1-7-4-8(6-17-7)12(16)15-9-2-3-11(14)10(13)5-9/h2-6H,14H2,1H3,(H,15,16). The Hall–Kier alpha value is -1.94. The van der Waals surface area contributed by atoms with E-state index in [0.29, 0.717) is 27.7 Å². The van der Waals surface area contributed by atoms with Gasteiger partial charge in [-0.05, 0) is 31.2 Å². The summed E-state index contributed by atoms with van der Waals surface area (Å²) in [6.07, 6.45) is 1.41. The highest BCUT2D eigenvalue weighted by Crippen LogP contribution is 2.23. The molecular weight excluding hydrogens is 240 g/mol. The van der Waals surface area contributed by atoms with Crippen LogP contribution in [0.15, 0.2) is 34.9 Å². The van der Waals surface area contributed by atoms with Gasteiger partial charge in [0.05, 0.1) is 16.3 Å². The van der Waals surface area contributed by atoms with Gasteiger partial charge in [0.2, 0.25) is 0 Å². The Bertz CT molecular complexity index is 563. The molecule has 0 radical (unpaired) electrons. The third-order valence-corrected chi connectivity index (χ3v) is 2.58. The van der Waals surface area contributed by atoms with E-state index in [1.807, 2.05) is 0 Å². The van der Waals surface area contributed by atoms with Crippen molar-refractivity contribution in [2.75, 3.05) is 11.1 Å². The van der Waals surface area contributed by atoms with Gasteiger partial charge in [-0.2, -0.15) is 0 Å². The molecule has 0 aliphatic carbocycles. The monoisotopic (exact) mass is 250 g/mol. The Morgan fingerprint density at radius 1 is 1.41 bits per heavy atom. The number of hydrogen-bond donors (Lipinski definition) is 2. The first-order valence-corrected chi connectivity index (χ1v) is 5.35. The number of carbonyl (C=O) groups excluding carboxylic acids is 1. The third-order valence-electron chi connectivity index (χ3n) is 2.25. The van der Waals surface area contributed by atoms with E-state index in [9.17, 15) is 4.79 Å². The summed E-state index contributed by atoms with van der Waals surface area (Å²) in [5, 5.41) is 3.11. The maximum absolute atomic E-state index is 11.8. The van der Waals surface area contributed by atoms with Crippen LogP contribution < -0.4 is 11.1 Å². The number of anilines is 2. The van der Waals surface area contributed by atoms with E-state index < -0.39 is 0 Å². The number of carbonyl (C=O) groups is 1. The fourth-order valence-electron chi connectivity index (χ4n) is 1.37. The zero-order valence-corrected chi connectivity index (χ0v) is 9.91. The molecule has 0 unspecified atom stereocenters. The number of halogens is 1. The summed E-state index contributed by atoms with van der Waals surface area (Å²) in [6, 6.07) is 6.58. The molecule has 0 saturated carbocycles. The average molecular weight is 251 g/mol. The van der Waals surface area contributed by atoms with E-state index >= 15 is 0 Å². The zero-order valence-electron chi connectivity index (χ0n) is 9.16. The number of furan rings is 1. The summed E-state index contributed by atoms with van der Waals surface area (Å²) in [4.78, 5) is 11.8. The van der Waals surface area contributed by atoms with Crippen LogP contribution in [0.2, 0.25) is 5.02 Å². The van der Waals surface area contributed by atoms with Crippen LogP contribution >= 0.6 is 11.6 Å². The average Bonchev–Trinajstić information content (AvgIpc) is 2.70. The smallest absolute Gasteiger partial charge is 0.258 e. The summed E-state index contributed by atoms with van der Waals surface area (Å²) in [5.41, 5.74) is 7.11. The second-order valence-corrected chi connectivity index (χ2v) is 4.04. The van der Waals surface area contributed by atoms with Gasteiger partial charge in [0.25, 0.3) is 5.91 Å².